The number of hydrogen-bond acceptors (Lipinski definition) is 2. The van der Waals surface area contributed by atoms with Crippen LogP contribution in [0.5, 0.6) is 0 Å². The molecule has 0 amide bonds. The third-order valence-electron chi connectivity index (χ3n) is 15.0. The minimum absolute atomic E-state index is 0.580. The van der Waals surface area contributed by atoms with Gasteiger partial charge in [0.15, 0.2) is 0 Å². The van der Waals surface area contributed by atoms with Crippen LogP contribution in [0.25, 0.3) is 81.4 Å². The molecule has 0 fully saturated rings. The van der Waals surface area contributed by atoms with Crippen molar-refractivity contribution in [1.82, 2.24) is 0 Å². The predicted octanol–water partition coefficient (Wildman–Crippen LogP) is 18.3. The quantitative estimate of drug-likeness (QED) is 0.161. The Morgan fingerprint density at radius 2 is 0.884 bits per heavy atom. The minimum Gasteiger partial charge on any atom is -0.314 e. The maximum Gasteiger partial charge on any atom is 0.0731 e. The summed E-state index contributed by atoms with van der Waals surface area (Å²) in [5.41, 5.74) is 23.5. The molecule has 1 aromatic heterocycles. The smallest absolute Gasteiger partial charge is 0.0731 e. The van der Waals surface area contributed by atoms with Gasteiger partial charge in [0, 0.05) is 37.2 Å². The van der Waals surface area contributed by atoms with Crippen LogP contribution in [0, 0.1) is 0 Å². The predicted molar refractivity (Wildman–Crippen MR) is 292 cm³/mol. The number of allylic oxidation sites excluding steroid dienone is 4. The van der Waals surface area contributed by atoms with E-state index in [0.717, 1.165) is 24.2 Å². The summed E-state index contributed by atoms with van der Waals surface area (Å²) in [6.45, 7) is 0. The first-order valence-corrected chi connectivity index (χ1v) is 24.9. The number of rotatable bonds is 6. The summed E-state index contributed by atoms with van der Waals surface area (Å²) in [6.07, 6.45) is 6.57. The van der Waals surface area contributed by atoms with Crippen molar-refractivity contribution >= 4 is 48.5 Å². The number of thiophene rings is 1. The molecule has 11 aromatic rings. The number of benzene rings is 10. The Hall–Kier alpha value is -8.30. The highest BCUT2D eigenvalue weighted by Gasteiger charge is 2.50. The molecule has 0 radical (unpaired) electrons. The molecule has 0 bridgehead atoms. The highest BCUT2D eigenvalue weighted by Crippen LogP contribution is 2.63. The summed E-state index contributed by atoms with van der Waals surface area (Å²) in [5.74, 6) is 0. The minimum atomic E-state index is -0.580. The van der Waals surface area contributed by atoms with Crippen LogP contribution in [0.2, 0.25) is 0 Å². The van der Waals surface area contributed by atoms with E-state index in [-0.39, 0.29) is 0 Å². The zero-order chi connectivity index (χ0) is 45.5. The van der Waals surface area contributed by atoms with Crippen molar-refractivity contribution < 1.29 is 0 Å². The van der Waals surface area contributed by atoms with Crippen LogP contribution in [0.1, 0.15) is 40.7 Å². The van der Waals surface area contributed by atoms with Gasteiger partial charge in [0.25, 0.3) is 0 Å². The molecule has 0 N–H and O–H groups in total. The largest absolute Gasteiger partial charge is 0.314 e. The lowest BCUT2D eigenvalue weighted by Gasteiger charge is -2.36. The number of anilines is 2. The van der Waals surface area contributed by atoms with Gasteiger partial charge >= 0.3 is 0 Å². The van der Waals surface area contributed by atoms with Crippen molar-refractivity contribution in [2.24, 2.45) is 0 Å². The fourth-order valence-electron chi connectivity index (χ4n) is 12.1. The zero-order valence-electron chi connectivity index (χ0n) is 37.9. The second kappa shape index (κ2) is 15.9. The molecular formula is C67H45NS. The van der Waals surface area contributed by atoms with Crippen molar-refractivity contribution in [2.45, 2.75) is 18.3 Å². The Kier molecular flexibility index (Phi) is 9.19. The monoisotopic (exact) mass is 895 g/mol. The molecule has 324 valence electrons. The first-order chi connectivity index (χ1) is 34.2. The third kappa shape index (κ3) is 6.16. The third-order valence-corrected chi connectivity index (χ3v) is 16.2. The molecule has 3 aliphatic rings. The second-order valence-electron chi connectivity index (χ2n) is 18.6. The fraction of sp³-hybridized carbons (Fsp3) is 0.0448. The summed E-state index contributed by atoms with van der Waals surface area (Å²) < 4.78 is 2.66. The lowest BCUT2D eigenvalue weighted by molar-refractivity contribution is 0.777. The summed E-state index contributed by atoms with van der Waals surface area (Å²) in [4.78, 5) is 2.50. The molecule has 69 heavy (non-hydrogen) atoms. The number of hydrogen-bond donors (Lipinski definition) is 0. The van der Waals surface area contributed by atoms with Gasteiger partial charge in [-0.2, -0.15) is 0 Å². The maximum atomic E-state index is 2.50. The Balaban J connectivity index is 0.951. The van der Waals surface area contributed by atoms with Gasteiger partial charge in [0.2, 0.25) is 0 Å². The van der Waals surface area contributed by atoms with Gasteiger partial charge in [-0.1, -0.05) is 200 Å². The van der Waals surface area contributed by atoms with Gasteiger partial charge in [0.05, 0.1) is 5.41 Å². The Morgan fingerprint density at radius 3 is 1.58 bits per heavy atom. The van der Waals surface area contributed by atoms with E-state index in [1.54, 1.807) is 0 Å². The van der Waals surface area contributed by atoms with Gasteiger partial charge in [-0.25, -0.2) is 0 Å². The van der Waals surface area contributed by atoms with Crippen LogP contribution in [0.4, 0.5) is 11.4 Å². The van der Waals surface area contributed by atoms with E-state index in [0.29, 0.717) is 0 Å². The Morgan fingerprint density at radius 1 is 0.333 bits per heavy atom. The summed E-state index contributed by atoms with van der Waals surface area (Å²) in [6, 6.07) is 88.6. The molecule has 14 rings (SSSR count). The van der Waals surface area contributed by atoms with Crippen LogP contribution < -0.4 is 4.90 Å². The zero-order valence-corrected chi connectivity index (χ0v) is 38.8. The summed E-state index contributed by atoms with van der Waals surface area (Å²) in [7, 11) is 0. The molecule has 1 spiro atoms. The molecule has 1 heterocycles. The van der Waals surface area contributed by atoms with E-state index in [2.05, 4.69) is 254 Å². The maximum absolute atomic E-state index is 2.50. The van der Waals surface area contributed by atoms with Crippen molar-refractivity contribution in [3.05, 3.63) is 282 Å². The van der Waals surface area contributed by atoms with Gasteiger partial charge in [0.1, 0.15) is 0 Å². The van der Waals surface area contributed by atoms with Crippen LogP contribution in [-0.4, -0.2) is 0 Å². The SMILES string of the molecule is C1=C(c2ccccc2)CCC(N(c2ccc(-c3ccc4sc5ccccc5c4c3)cc2)c2cccc(-c3cccc4c3C3(c5ccccc5-c5ccccc5-c5ccccc53)c3ccccc3-4)c2)=C1. The van der Waals surface area contributed by atoms with E-state index in [4.69, 9.17) is 0 Å². The Labute approximate surface area is 407 Å². The van der Waals surface area contributed by atoms with Crippen LogP contribution in [0.3, 0.4) is 0 Å². The summed E-state index contributed by atoms with van der Waals surface area (Å²) >= 11 is 1.87. The molecule has 2 heteroatoms. The first kappa shape index (κ1) is 39.8. The number of fused-ring (bicyclic) bond motifs is 15. The van der Waals surface area contributed by atoms with Crippen LogP contribution >= 0.6 is 11.3 Å². The molecule has 10 aromatic carbocycles. The molecule has 1 nitrogen and oxygen atoms in total. The van der Waals surface area contributed by atoms with Gasteiger partial charge in [-0.15, -0.1) is 11.3 Å². The normalized spacial score (nSPS) is 14.0. The van der Waals surface area contributed by atoms with E-state index >= 15 is 0 Å². The second-order valence-corrected chi connectivity index (χ2v) is 19.7. The van der Waals surface area contributed by atoms with Gasteiger partial charge in [-0.05, 0) is 150 Å². The topological polar surface area (TPSA) is 3.24 Å². The van der Waals surface area contributed by atoms with Crippen molar-refractivity contribution in [2.75, 3.05) is 4.90 Å². The van der Waals surface area contributed by atoms with Crippen molar-refractivity contribution in [3.63, 3.8) is 0 Å². The Bertz CT molecular complexity index is 3840. The van der Waals surface area contributed by atoms with Crippen LogP contribution in [0.15, 0.2) is 254 Å². The first-order valence-electron chi connectivity index (χ1n) is 24.1. The average Bonchev–Trinajstić information content (AvgIpc) is 3.92. The molecule has 3 aliphatic carbocycles. The molecule has 0 aliphatic heterocycles. The van der Waals surface area contributed by atoms with E-state index in [9.17, 15) is 0 Å². The highest BCUT2D eigenvalue weighted by atomic mass is 32.1. The lowest BCUT2D eigenvalue weighted by atomic mass is 9.64. The summed E-state index contributed by atoms with van der Waals surface area (Å²) in [5, 5.41) is 2.65. The molecule has 0 saturated carbocycles. The average molecular weight is 896 g/mol. The van der Waals surface area contributed by atoms with Crippen LogP contribution in [-0.2, 0) is 5.41 Å². The molecule has 0 atom stereocenters. The van der Waals surface area contributed by atoms with E-state index in [1.165, 1.54) is 115 Å². The van der Waals surface area contributed by atoms with Gasteiger partial charge in [-0.3, -0.25) is 0 Å². The molecular weight excluding hydrogens is 851 g/mol. The lowest BCUT2D eigenvalue weighted by Crippen LogP contribution is -2.30. The fourth-order valence-corrected chi connectivity index (χ4v) is 13.1. The van der Waals surface area contributed by atoms with E-state index in [1.807, 2.05) is 11.3 Å². The molecule has 0 saturated heterocycles. The highest BCUT2D eigenvalue weighted by molar-refractivity contribution is 7.25. The molecule has 0 unspecified atom stereocenters. The van der Waals surface area contributed by atoms with Crippen molar-refractivity contribution in [1.29, 1.82) is 0 Å². The standard InChI is InChI=1S/C67H45NS/c1-2-16-44(17-3-1)45-32-37-49(38-33-45)68(50-39-34-46(35-40-50)47-36-41-65-60(43-47)58-25-9-13-31-64(58)69-65)51-19-14-18-48(42-51)52-26-15-27-59-57-24-8-12-30-63(57)67(66(52)59)61-28-10-6-22-55(61)53-20-4-5-21-54(53)56-23-7-11-29-62(56)67/h1-32,34-37,39-43H,33,38H2. The number of nitrogens with zero attached hydrogens (tertiary/aromatic N) is 1. The van der Waals surface area contributed by atoms with Gasteiger partial charge < -0.3 is 4.90 Å². The van der Waals surface area contributed by atoms with E-state index < -0.39 is 5.41 Å². The van der Waals surface area contributed by atoms with Crippen molar-refractivity contribution in [3.8, 4) is 55.6 Å².